The maximum absolute atomic E-state index is 13.9. The van der Waals surface area contributed by atoms with E-state index >= 15 is 0 Å². The van der Waals surface area contributed by atoms with Gasteiger partial charge in [0.25, 0.3) is 5.91 Å². The van der Waals surface area contributed by atoms with E-state index in [2.05, 4.69) is 0 Å². The molecule has 1 unspecified atom stereocenters. The molecule has 0 fully saturated rings. The number of rotatable bonds is 3. The summed E-state index contributed by atoms with van der Waals surface area (Å²) in [6.45, 7) is 8.72. The molecular weight excluding hydrogens is 409 g/mol. The first-order valence-electron chi connectivity index (χ1n) is 9.47. The Balaban J connectivity index is 2.19. The van der Waals surface area contributed by atoms with Gasteiger partial charge in [0.15, 0.2) is 0 Å². The quantitative estimate of drug-likeness (QED) is 0.549. The second-order valence-electron chi connectivity index (χ2n) is 8.23. The fourth-order valence-corrected chi connectivity index (χ4v) is 3.62. The van der Waals surface area contributed by atoms with Gasteiger partial charge in [0.05, 0.1) is 16.5 Å². The van der Waals surface area contributed by atoms with E-state index in [9.17, 15) is 19.1 Å². The minimum atomic E-state index is -0.698. The second kappa shape index (κ2) is 7.76. The summed E-state index contributed by atoms with van der Waals surface area (Å²) in [5.41, 5.74) is 1.01. The Kier molecular flexibility index (Phi) is 5.65. The van der Waals surface area contributed by atoms with Crippen molar-refractivity contribution in [2.45, 2.75) is 46.1 Å². The Hall–Kier alpha value is -2.86. The molecule has 0 bridgehead atoms. The normalized spacial score (nSPS) is 12.8. The van der Waals surface area contributed by atoms with Gasteiger partial charge in [-0.05, 0) is 76.6 Å². The van der Waals surface area contributed by atoms with E-state index in [1.54, 1.807) is 40.7 Å². The number of phenols is 1. The number of fused-ring (bicyclic) bond motifs is 1. The number of esters is 1. The first kappa shape index (κ1) is 21.8. The van der Waals surface area contributed by atoms with Crippen molar-refractivity contribution in [3.05, 3.63) is 64.1 Å². The van der Waals surface area contributed by atoms with Gasteiger partial charge in [0, 0.05) is 16.6 Å². The fourth-order valence-electron chi connectivity index (χ4n) is 3.51. The number of aromatic nitrogens is 1. The lowest BCUT2D eigenvalue weighted by atomic mass is 9.97. The smallest absolute Gasteiger partial charge is 0.313 e. The van der Waals surface area contributed by atoms with Gasteiger partial charge in [-0.25, -0.2) is 4.39 Å². The predicted molar refractivity (Wildman–Crippen MR) is 114 cm³/mol. The Morgan fingerprint density at radius 3 is 2.43 bits per heavy atom. The van der Waals surface area contributed by atoms with E-state index < -0.39 is 29.2 Å². The number of nitrogens with zero attached hydrogens (tertiary/aromatic N) is 1. The molecule has 0 amide bonds. The summed E-state index contributed by atoms with van der Waals surface area (Å²) in [4.78, 5) is 26.0. The van der Waals surface area contributed by atoms with Crippen molar-refractivity contribution in [1.82, 2.24) is 4.57 Å². The number of ether oxygens (including phenoxy) is 1. The molecule has 5 nitrogen and oxygen atoms in total. The number of phenolic OH excluding ortho intramolecular Hbond substituents is 1. The van der Waals surface area contributed by atoms with Gasteiger partial charge in [0.1, 0.15) is 17.2 Å². The van der Waals surface area contributed by atoms with Gasteiger partial charge in [-0.1, -0.05) is 11.6 Å². The van der Waals surface area contributed by atoms with E-state index in [0.29, 0.717) is 22.2 Å². The molecule has 1 aromatic heterocycles. The van der Waals surface area contributed by atoms with Crippen molar-refractivity contribution in [3.63, 3.8) is 0 Å². The fraction of sp³-hybridized carbons (Fsp3) is 0.304. The Morgan fingerprint density at radius 2 is 1.83 bits per heavy atom. The highest BCUT2D eigenvalue weighted by Crippen LogP contribution is 2.35. The zero-order valence-corrected chi connectivity index (χ0v) is 18.2. The van der Waals surface area contributed by atoms with Crippen LogP contribution in [0.5, 0.6) is 5.75 Å². The van der Waals surface area contributed by atoms with Crippen LogP contribution in [-0.4, -0.2) is 27.2 Å². The summed E-state index contributed by atoms with van der Waals surface area (Å²) < 4.78 is 20.9. The van der Waals surface area contributed by atoms with Crippen molar-refractivity contribution in [2.75, 3.05) is 0 Å². The summed E-state index contributed by atoms with van der Waals surface area (Å²) in [6.07, 6.45) is 0. The summed E-state index contributed by atoms with van der Waals surface area (Å²) in [7, 11) is 0. The molecule has 0 aliphatic carbocycles. The van der Waals surface area contributed by atoms with E-state index in [4.69, 9.17) is 16.3 Å². The SMILES string of the molecule is Cc1c(C(C)C(=O)OC(C)(C)C)c2cc(O)ccc2n1C(=O)c1ccc(Cl)c(F)c1. The molecule has 1 N–H and O–H groups in total. The Bertz CT molecular complexity index is 1160. The highest BCUT2D eigenvalue weighted by molar-refractivity contribution is 6.30. The van der Waals surface area contributed by atoms with Crippen LogP contribution in [-0.2, 0) is 9.53 Å². The van der Waals surface area contributed by atoms with Crippen molar-refractivity contribution in [1.29, 1.82) is 0 Å². The van der Waals surface area contributed by atoms with Gasteiger partial charge in [-0.15, -0.1) is 0 Å². The summed E-state index contributed by atoms with van der Waals surface area (Å²) >= 11 is 5.74. The predicted octanol–water partition coefficient (Wildman–Crippen LogP) is 5.58. The number of aromatic hydroxyl groups is 1. The third-order valence-electron chi connectivity index (χ3n) is 4.80. The van der Waals surface area contributed by atoms with Gasteiger partial charge in [0.2, 0.25) is 0 Å². The Labute approximate surface area is 179 Å². The highest BCUT2D eigenvalue weighted by Gasteiger charge is 2.30. The minimum Gasteiger partial charge on any atom is -0.508 e. The molecule has 0 aliphatic rings. The molecule has 0 saturated carbocycles. The van der Waals surface area contributed by atoms with Gasteiger partial charge >= 0.3 is 5.97 Å². The van der Waals surface area contributed by atoms with Crippen LogP contribution in [0.2, 0.25) is 5.02 Å². The summed E-state index contributed by atoms with van der Waals surface area (Å²) in [5, 5.41) is 10.5. The van der Waals surface area contributed by atoms with Crippen molar-refractivity contribution < 1.29 is 23.8 Å². The van der Waals surface area contributed by atoms with Crippen LogP contribution >= 0.6 is 11.6 Å². The second-order valence-corrected chi connectivity index (χ2v) is 8.63. The molecule has 1 atom stereocenters. The molecule has 0 spiro atoms. The lowest BCUT2D eigenvalue weighted by molar-refractivity contribution is -0.156. The van der Waals surface area contributed by atoms with Crippen LogP contribution in [0.1, 0.15) is 55.2 Å². The molecule has 30 heavy (non-hydrogen) atoms. The van der Waals surface area contributed by atoms with E-state index in [-0.39, 0.29) is 16.3 Å². The maximum atomic E-state index is 13.9. The molecule has 3 aromatic rings. The Morgan fingerprint density at radius 1 is 1.17 bits per heavy atom. The molecule has 3 rings (SSSR count). The lowest BCUT2D eigenvalue weighted by Crippen LogP contribution is -2.27. The van der Waals surface area contributed by atoms with Crippen molar-refractivity contribution in [2.24, 2.45) is 0 Å². The minimum absolute atomic E-state index is 0.00211. The molecular formula is C23H23ClFNO4. The van der Waals surface area contributed by atoms with Crippen LogP contribution in [0.15, 0.2) is 36.4 Å². The zero-order valence-electron chi connectivity index (χ0n) is 17.4. The lowest BCUT2D eigenvalue weighted by Gasteiger charge is -2.22. The molecule has 7 heteroatoms. The third kappa shape index (κ3) is 4.05. The molecule has 1 heterocycles. The van der Waals surface area contributed by atoms with Crippen LogP contribution < -0.4 is 0 Å². The average Bonchev–Trinajstić information content (AvgIpc) is 2.92. The number of benzene rings is 2. The van der Waals surface area contributed by atoms with E-state index in [1.807, 2.05) is 0 Å². The van der Waals surface area contributed by atoms with Crippen LogP contribution in [0.4, 0.5) is 4.39 Å². The van der Waals surface area contributed by atoms with Crippen molar-refractivity contribution >= 4 is 34.4 Å². The van der Waals surface area contributed by atoms with Gasteiger partial charge < -0.3 is 9.84 Å². The zero-order chi connectivity index (χ0) is 22.4. The number of hydrogen-bond donors (Lipinski definition) is 1. The van der Waals surface area contributed by atoms with Crippen molar-refractivity contribution in [3.8, 4) is 5.75 Å². The molecule has 0 aliphatic heterocycles. The number of hydrogen-bond acceptors (Lipinski definition) is 4. The highest BCUT2D eigenvalue weighted by atomic mass is 35.5. The van der Waals surface area contributed by atoms with E-state index in [1.165, 1.54) is 28.8 Å². The largest absolute Gasteiger partial charge is 0.508 e. The molecule has 0 radical (unpaired) electrons. The van der Waals surface area contributed by atoms with E-state index in [0.717, 1.165) is 6.07 Å². The van der Waals surface area contributed by atoms with Crippen LogP contribution in [0.3, 0.4) is 0 Å². The summed E-state index contributed by atoms with van der Waals surface area (Å²) in [5.74, 6) is -2.30. The van der Waals surface area contributed by atoms with Crippen LogP contribution in [0.25, 0.3) is 10.9 Å². The molecule has 2 aromatic carbocycles. The molecule has 158 valence electrons. The monoisotopic (exact) mass is 431 g/mol. The average molecular weight is 432 g/mol. The van der Waals surface area contributed by atoms with Gasteiger partial charge in [-0.2, -0.15) is 0 Å². The number of halogens is 2. The number of carbonyl (C=O) groups excluding carboxylic acids is 2. The van der Waals surface area contributed by atoms with Gasteiger partial charge in [-0.3, -0.25) is 14.2 Å². The maximum Gasteiger partial charge on any atom is 0.313 e. The topological polar surface area (TPSA) is 68.5 Å². The standard InChI is InChI=1S/C23H23ClFNO4/c1-12(22(29)30-23(3,4)5)20-13(2)26(19-9-7-15(27)11-16(19)20)21(28)14-6-8-17(24)18(25)10-14/h6-12,27H,1-5H3. The first-order valence-corrected chi connectivity index (χ1v) is 9.85. The number of carbonyl (C=O) groups is 2. The van der Waals surface area contributed by atoms with Crippen LogP contribution in [0, 0.1) is 12.7 Å². The molecule has 0 saturated heterocycles. The summed E-state index contributed by atoms with van der Waals surface area (Å²) in [6, 6.07) is 8.39. The first-order chi connectivity index (χ1) is 13.9. The third-order valence-corrected chi connectivity index (χ3v) is 5.11.